The van der Waals surface area contributed by atoms with Crippen LogP contribution in [0.15, 0.2) is 24.3 Å². The van der Waals surface area contributed by atoms with Gasteiger partial charge in [-0.15, -0.1) is 0 Å². The molecule has 1 fully saturated rings. The van der Waals surface area contributed by atoms with E-state index in [4.69, 9.17) is 11.6 Å². The second-order valence-electron chi connectivity index (χ2n) is 4.54. The van der Waals surface area contributed by atoms with Crippen molar-refractivity contribution >= 4 is 11.6 Å². The molecule has 82 valence electrons. The average molecular weight is 224 g/mol. The Labute approximate surface area is 96.8 Å². The Hall–Kier alpha value is -0.530. The molecule has 0 amide bonds. The molecule has 0 radical (unpaired) electrons. The van der Waals surface area contributed by atoms with Crippen molar-refractivity contribution in [1.29, 1.82) is 0 Å². The molecule has 0 unspecified atom stereocenters. The Balaban J connectivity index is 2.12. The zero-order valence-electron chi connectivity index (χ0n) is 9.22. The van der Waals surface area contributed by atoms with Crippen LogP contribution < -0.4 is 5.32 Å². The maximum Gasteiger partial charge on any atom is 0.0408 e. The van der Waals surface area contributed by atoms with Crippen LogP contribution in [0.3, 0.4) is 0 Å². The zero-order valence-corrected chi connectivity index (χ0v) is 9.98. The van der Waals surface area contributed by atoms with E-state index < -0.39 is 0 Å². The van der Waals surface area contributed by atoms with Crippen molar-refractivity contribution in [3.8, 4) is 0 Å². The Morgan fingerprint density at radius 1 is 1.33 bits per heavy atom. The van der Waals surface area contributed by atoms with Crippen molar-refractivity contribution < 1.29 is 0 Å². The Morgan fingerprint density at radius 2 is 2.07 bits per heavy atom. The highest BCUT2D eigenvalue weighted by atomic mass is 35.5. The van der Waals surface area contributed by atoms with Gasteiger partial charge in [-0.3, -0.25) is 0 Å². The summed E-state index contributed by atoms with van der Waals surface area (Å²) in [6.07, 6.45) is 6.37. The van der Waals surface area contributed by atoms with Crippen molar-refractivity contribution in [2.24, 2.45) is 0 Å². The number of hydrogen-bond acceptors (Lipinski definition) is 1. The Bertz CT molecular complexity index is 329. The van der Waals surface area contributed by atoms with Crippen LogP contribution in [0.1, 0.15) is 31.2 Å². The molecule has 2 rings (SSSR count). The second-order valence-corrected chi connectivity index (χ2v) is 4.98. The molecular formula is C13H18ClN. The van der Waals surface area contributed by atoms with Crippen LogP contribution >= 0.6 is 11.6 Å². The third kappa shape index (κ3) is 2.53. The van der Waals surface area contributed by atoms with Gasteiger partial charge in [0.25, 0.3) is 0 Å². The molecule has 1 N–H and O–H groups in total. The summed E-state index contributed by atoms with van der Waals surface area (Å²) in [5, 5.41) is 4.35. The van der Waals surface area contributed by atoms with E-state index in [1.165, 1.54) is 31.2 Å². The largest absolute Gasteiger partial charge is 0.314 e. The minimum atomic E-state index is 0.324. The first-order valence-electron chi connectivity index (χ1n) is 5.67. The lowest BCUT2D eigenvalue weighted by Gasteiger charge is -2.28. The predicted octanol–water partition coefficient (Wildman–Crippen LogP) is 3.41. The third-order valence-electron chi connectivity index (χ3n) is 3.52. The van der Waals surface area contributed by atoms with E-state index in [1.54, 1.807) is 0 Å². The van der Waals surface area contributed by atoms with Gasteiger partial charge in [0, 0.05) is 10.6 Å². The first-order valence-corrected chi connectivity index (χ1v) is 6.05. The van der Waals surface area contributed by atoms with E-state index in [9.17, 15) is 0 Å². The quantitative estimate of drug-likeness (QED) is 0.828. The fourth-order valence-corrected chi connectivity index (χ4v) is 2.82. The lowest BCUT2D eigenvalue weighted by Crippen LogP contribution is -2.42. The molecule has 0 saturated heterocycles. The highest BCUT2D eigenvalue weighted by Gasteiger charge is 2.31. The maximum atomic E-state index is 6.00. The lowest BCUT2D eigenvalue weighted by atomic mass is 9.89. The molecule has 0 aliphatic heterocycles. The van der Waals surface area contributed by atoms with Gasteiger partial charge >= 0.3 is 0 Å². The van der Waals surface area contributed by atoms with Gasteiger partial charge in [-0.1, -0.05) is 36.6 Å². The van der Waals surface area contributed by atoms with E-state index >= 15 is 0 Å². The van der Waals surface area contributed by atoms with Gasteiger partial charge in [-0.25, -0.2) is 0 Å². The smallest absolute Gasteiger partial charge is 0.0408 e. The van der Waals surface area contributed by atoms with Gasteiger partial charge in [0.2, 0.25) is 0 Å². The van der Waals surface area contributed by atoms with Crippen LogP contribution in [0.5, 0.6) is 0 Å². The molecule has 1 saturated carbocycles. The molecular weight excluding hydrogens is 206 g/mol. The van der Waals surface area contributed by atoms with Crippen molar-refractivity contribution in [3.05, 3.63) is 34.9 Å². The van der Waals surface area contributed by atoms with Crippen molar-refractivity contribution in [3.63, 3.8) is 0 Å². The third-order valence-corrected chi connectivity index (χ3v) is 3.76. The molecule has 0 spiro atoms. The number of rotatable bonds is 3. The summed E-state index contributed by atoms with van der Waals surface area (Å²) in [5.74, 6) is 0. The molecule has 0 heterocycles. The van der Waals surface area contributed by atoms with E-state index in [0.717, 1.165) is 11.4 Å². The fourth-order valence-electron chi connectivity index (χ4n) is 2.60. The van der Waals surface area contributed by atoms with Gasteiger partial charge in [0.05, 0.1) is 0 Å². The van der Waals surface area contributed by atoms with E-state index in [0.29, 0.717) is 5.54 Å². The number of halogens is 1. The van der Waals surface area contributed by atoms with E-state index in [-0.39, 0.29) is 0 Å². The minimum Gasteiger partial charge on any atom is -0.314 e. The van der Waals surface area contributed by atoms with Gasteiger partial charge < -0.3 is 5.32 Å². The molecule has 1 aromatic rings. The molecule has 1 aromatic carbocycles. The minimum absolute atomic E-state index is 0.324. The molecule has 1 nitrogen and oxygen atoms in total. The SMILES string of the molecule is CNC1(Cc2cccc(Cl)c2)CCCC1. The van der Waals surface area contributed by atoms with Crippen molar-refractivity contribution in [2.75, 3.05) is 7.05 Å². The summed E-state index contributed by atoms with van der Waals surface area (Å²) < 4.78 is 0. The molecule has 15 heavy (non-hydrogen) atoms. The van der Waals surface area contributed by atoms with Gasteiger partial charge in [0.15, 0.2) is 0 Å². The second kappa shape index (κ2) is 4.54. The molecule has 1 aliphatic carbocycles. The predicted molar refractivity (Wildman–Crippen MR) is 65.4 cm³/mol. The Kier molecular flexibility index (Phi) is 3.32. The molecule has 0 aromatic heterocycles. The van der Waals surface area contributed by atoms with Crippen molar-refractivity contribution in [1.82, 2.24) is 5.32 Å². The summed E-state index contributed by atoms with van der Waals surface area (Å²) >= 11 is 6.00. The normalized spacial score (nSPS) is 19.3. The topological polar surface area (TPSA) is 12.0 Å². The average Bonchev–Trinajstić information content (AvgIpc) is 2.67. The van der Waals surface area contributed by atoms with Gasteiger partial charge in [-0.05, 0) is 44.0 Å². The van der Waals surface area contributed by atoms with Crippen LogP contribution in [0.4, 0.5) is 0 Å². The maximum absolute atomic E-state index is 6.00. The molecule has 0 bridgehead atoms. The number of nitrogens with one attached hydrogen (secondary N) is 1. The van der Waals surface area contributed by atoms with Crippen LogP contribution in [-0.2, 0) is 6.42 Å². The van der Waals surface area contributed by atoms with Crippen LogP contribution in [0.2, 0.25) is 5.02 Å². The standard InChI is InChI=1S/C13H18ClN/c1-15-13(7-2-3-8-13)10-11-5-4-6-12(14)9-11/h4-6,9,15H,2-3,7-8,10H2,1H3. The number of benzene rings is 1. The highest BCUT2D eigenvalue weighted by Crippen LogP contribution is 2.32. The van der Waals surface area contributed by atoms with E-state index in [1.807, 2.05) is 12.1 Å². The van der Waals surface area contributed by atoms with Gasteiger partial charge in [-0.2, -0.15) is 0 Å². The molecule has 2 heteroatoms. The summed E-state index contributed by atoms with van der Waals surface area (Å²) in [6, 6.07) is 8.23. The summed E-state index contributed by atoms with van der Waals surface area (Å²) in [7, 11) is 2.08. The zero-order chi connectivity index (χ0) is 10.7. The Morgan fingerprint density at radius 3 is 2.67 bits per heavy atom. The van der Waals surface area contributed by atoms with Crippen LogP contribution in [0, 0.1) is 0 Å². The summed E-state index contributed by atoms with van der Waals surface area (Å²) in [5.41, 5.74) is 1.67. The first-order chi connectivity index (χ1) is 7.24. The lowest BCUT2D eigenvalue weighted by molar-refractivity contribution is 0.357. The number of hydrogen-bond donors (Lipinski definition) is 1. The highest BCUT2D eigenvalue weighted by molar-refractivity contribution is 6.30. The first kappa shape index (κ1) is 11.0. The summed E-state index contributed by atoms with van der Waals surface area (Å²) in [4.78, 5) is 0. The summed E-state index contributed by atoms with van der Waals surface area (Å²) in [6.45, 7) is 0. The van der Waals surface area contributed by atoms with Crippen LogP contribution in [-0.4, -0.2) is 12.6 Å². The monoisotopic (exact) mass is 223 g/mol. The fraction of sp³-hybridized carbons (Fsp3) is 0.538. The molecule has 0 atom stereocenters. The van der Waals surface area contributed by atoms with Crippen molar-refractivity contribution in [2.45, 2.75) is 37.6 Å². The number of likely N-dealkylation sites (N-methyl/N-ethyl adjacent to an activating group) is 1. The van der Waals surface area contributed by atoms with E-state index in [2.05, 4.69) is 24.5 Å². The molecule has 1 aliphatic rings. The van der Waals surface area contributed by atoms with Gasteiger partial charge in [0.1, 0.15) is 0 Å². The van der Waals surface area contributed by atoms with Crippen LogP contribution in [0.25, 0.3) is 0 Å².